The molecule has 25 heavy (non-hydrogen) atoms. The van der Waals surface area contributed by atoms with E-state index in [0.717, 1.165) is 12.8 Å². The van der Waals surface area contributed by atoms with Crippen molar-refractivity contribution in [3.63, 3.8) is 0 Å². The van der Waals surface area contributed by atoms with Crippen LogP contribution in [0.5, 0.6) is 6.08 Å². The van der Waals surface area contributed by atoms with Crippen LogP contribution >= 0.6 is 11.6 Å². The van der Waals surface area contributed by atoms with E-state index in [-0.39, 0.29) is 24.6 Å². The Bertz CT molecular complexity index is 734. The fourth-order valence-corrected chi connectivity index (χ4v) is 3.40. The minimum absolute atomic E-state index is 0.0462. The van der Waals surface area contributed by atoms with E-state index >= 15 is 0 Å². The van der Waals surface area contributed by atoms with Crippen LogP contribution in [0.3, 0.4) is 0 Å². The second-order valence-corrected chi connectivity index (χ2v) is 7.00. The molecule has 1 aliphatic carbocycles. The molecule has 1 aromatic carbocycles. The van der Waals surface area contributed by atoms with Crippen LogP contribution < -0.4 is 10.1 Å². The van der Waals surface area contributed by atoms with Crippen LogP contribution in [0.1, 0.15) is 33.1 Å². The van der Waals surface area contributed by atoms with Gasteiger partial charge in [-0.1, -0.05) is 55.6 Å². The summed E-state index contributed by atoms with van der Waals surface area (Å²) in [4.78, 5) is 16.2. The molecule has 3 rings (SSSR count). The topological polar surface area (TPSA) is 77.2 Å². The predicted molar refractivity (Wildman–Crippen MR) is 94.3 cm³/mol. The molecule has 2 aromatic rings. The predicted octanol–water partition coefficient (Wildman–Crippen LogP) is 3.71. The molecule has 0 radical (unpaired) electrons. The molecule has 1 fully saturated rings. The summed E-state index contributed by atoms with van der Waals surface area (Å²) in [6.45, 7) is 4.26. The lowest BCUT2D eigenvalue weighted by Crippen LogP contribution is -2.45. The van der Waals surface area contributed by atoms with Gasteiger partial charge in [0.2, 0.25) is 5.82 Å². The van der Waals surface area contributed by atoms with Gasteiger partial charge in [-0.25, -0.2) is 0 Å². The summed E-state index contributed by atoms with van der Waals surface area (Å²) in [6, 6.07) is 7.38. The van der Waals surface area contributed by atoms with E-state index in [2.05, 4.69) is 29.3 Å². The summed E-state index contributed by atoms with van der Waals surface area (Å²) >= 11 is 6.10. The number of carbonyl (C=O) groups is 1. The van der Waals surface area contributed by atoms with Gasteiger partial charge in [-0.15, -0.1) is 0 Å². The highest BCUT2D eigenvalue weighted by atomic mass is 35.5. The molecule has 3 unspecified atom stereocenters. The van der Waals surface area contributed by atoms with Crippen LogP contribution in [-0.2, 0) is 4.79 Å². The Morgan fingerprint density at radius 1 is 1.36 bits per heavy atom. The molecule has 1 amide bonds. The van der Waals surface area contributed by atoms with Gasteiger partial charge in [0.05, 0.1) is 5.02 Å². The first-order valence-corrected chi connectivity index (χ1v) is 8.93. The smallest absolute Gasteiger partial charge is 0.418 e. The molecule has 0 saturated heterocycles. The van der Waals surface area contributed by atoms with Crippen LogP contribution in [0.25, 0.3) is 11.4 Å². The standard InChI is InChI=1S/C18H22ClN3O3/c1-11-6-5-9-15(12(11)2)20-16(23)10-24-18-21-17(22-25-18)13-7-3-4-8-14(13)19/h3-4,7-8,11-12,15H,5-6,9-10H2,1-2H3,(H,20,23). The SMILES string of the molecule is CC1CCCC(NC(=O)COc2nc(-c3ccccc3Cl)no2)C1C. The monoisotopic (exact) mass is 363 g/mol. The van der Waals surface area contributed by atoms with Gasteiger partial charge in [0.15, 0.2) is 6.61 Å². The summed E-state index contributed by atoms with van der Waals surface area (Å²) in [5, 5.41) is 7.40. The molecule has 0 spiro atoms. The number of benzene rings is 1. The van der Waals surface area contributed by atoms with Gasteiger partial charge >= 0.3 is 6.08 Å². The number of hydrogen-bond donors (Lipinski definition) is 1. The van der Waals surface area contributed by atoms with Crippen molar-refractivity contribution in [3.8, 4) is 17.5 Å². The van der Waals surface area contributed by atoms with Crippen molar-refractivity contribution in [2.24, 2.45) is 11.8 Å². The maximum atomic E-state index is 12.1. The Morgan fingerprint density at radius 2 is 2.16 bits per heavy atom. The molecule has 3 atom stereocenters. The molecule has 1 heterocycles. The maximum absolute atomic E-state index is 12.1. The van der Waals surface area contributed by atoms with Crippen LogP contribution in [0.15, 0.2) is 28.8 Å². The highest BCUT2D eigenvalue weighted by Gasteiger charge is 2.28. The Morgan fingerprint density at radius 3 is 2.96 bits per heavy atom. The van der Waals surface area contributed by atoms with Gasteiger partial charge < -0.3 is 10.1 Å². The van der Waals surface area contributed by atoms with E-state index in [4.69, 9.17) is 20.9 Å². The molecule has 0 bridgehead atoms. The number of carbonyl (C=O) groups excluding carboxylic acids is 1. The maximum Gasteiger partial charge on any atom is 0.418 e. The van der Waals surface area contributed by atoms with E-state index in [1.807, 2.05) is 12.1 Å². The van der Waals surface area contributed by atoms with Crippen LogP contribution in [-0.4, -0.2) is 28.7 Å². The average Bonchev–Trinajstić information content (AvgIpc) is 3.06. The van der Waals surface area contributed by atoms with E-state index in [9.17, 15) is 4.79 Å². The second kappa shape index (κ2) is 7.87. The van der Waals surface area contributed by atoms with E-state index in [1.165, 1.54) is 6.42 Å². The van der Waals surface area contributed by atoms with Crippen molar-refractivity contribution >= 4 is 17.5 Å². The third-order valence-electron chi connectivity index (χ3n) is 4.90. The second-order valence-electron chi connectivity index (χ2n) is 6.59. The van der Waals surface area contributed by atoms with Crippen LogP contribution in [0, 0.1) is 11.8 Å². The molecule has 1 saturated carbocycles. The average molecular weight is 364 g/mol. The lowest BCUT2D eigenvalue weighted by molar-refractivity contribution is -0.125. The third-order valence-corrected chi connectivity index (χ3v) is 5.23. The summed E-state index contributed by atoms with van der Waals surface area (Å²) in [5.41, 5.74) is 0.650. The summed E-state index contributed by atoms with van der Waals surface area (Å²) in [7, 11) is 0. The molecule has 134 valence electrons. The molecule has 1 N–H and O–H groups in total. The third kappa shape index (κ3) is 4.31. The molecule has 1 aliphatic rings. The first-order valence-electron chi connectivity index (χ1n) is 8.55. The summed E-state index contributed by atoms with van der Waals surface area (Å²) in [5.74, 6) is 1.24. The Balaban J connectivity index is 1.54. The number of rotatable bonds is 5. The number of aromatic nitrogens is 2. The highest BCUT2D eigenvalue weighted by molar-refractivity contribution is 6.33. The zero-order valence-electron chi connectivity index (χ0n) is 14.4. The first-order chi connectivity index (χ1) is 12.0. The van der Waals surface area contributed by atoms with Crippen molar-refractivity contribution in [2.75, 3.05) is 6.61 Å². The summed E-state index contributed by atoms with van der Waals surface area (Å²) in [6.07, 6.45) is 3.32. The number of nitrogens with one attached hydrogen (secondary N) is 1. The number of halogens is 1. The largest absolute Gasteiger partial charge is 0.439 e. The van der Waals surface area contributed by atoms with Gasteiger partial charge in [0, 0.05) is 11.6 Å². The molecular formula is C18H22ClN3O3. The number of amides is 1. The zero-order valence-corrected chi connectivity index (χ0v) is 15.1. The van der Waals surface area contributed by atoms with E-state index in [1.54, 1.807) is 12.1 Å². The van der Waals surface area contributed by atoms with Crippen LogP contribution in [0.2, 0.25) is 5.02 Å². The minimum atomic E-state index is -0.177. The highest BCUT2D eigenvalue weighted by Crippen LogP contribution is 2.29. The minimum Gasteiger partial charge on any atom is -0.439 e. The molecular weight excluding hydrogens is 342 g/mol. The van der Waals surface area contributed by atoms with Crippen molar-refractivity contribution < 1.29 is 14.1 Å². The number of ether oxygens (including phenoxy) is 1. The molecule has 0 aliphatic heterocycles. The van der Waals surface area contributed by atoms with Gasteiger partial charge in [0.1, 0.15) is 0 Å². The lowest BCUT2D eigenvalue weighted by atomic mass is 9.78. The van der Waals surface area contributed by atoms with Crippen molar-refractivity contribution in [2.45, 2.75) is 39.2 Å². The van der Waals surface area contributed by atoms with Crippen molar-refractivity contribution in [1.82, 2.24) is 15.5 Å². The Kier molecular flexibility index (Phi) is 5.58. The summed E-state index contributed by atoms with van der Waals surface area (Å²) < 4.78 is 10.3. The first kappa shape index (κ1) is 17.7. The van der Waals surface area contributed by atoms with E-state index in [0.29, 0.717) is 28.2 Å². The molecule has 6 nitrogen and oxygen atoms in total. The normalized spacial score (nSPS) is 23.2. The number of hydrogen-bond acceptors (Lipinski definition) is 5. The quantitative estimate of drug-likeness (QED) is 0.876. The lowest BCUT2D eigenvalue weighted by Gasteiger charge is -2.34. The van der Waals surface area contributed by atoms with Crippen molar-refractivity contribution in [3.05, 3.63) is 29.3 Å². The van der Waals surface area contributed by atoms with Gasteiger partial charge in [-0.2, -0.15) is 4.98 Å². The zero-order chi connectivity index (χ0) is 17.8. The Hall–Kier alpha value is -2.08. The van der Waals surface area contributed by atoms with Gasteiger partial charge in [0.25, 0.3) is 5.91 Å². The van der Waals surface area contributed by atoms with Gasteiger partial charge in [-0.3, -0.25) is 9.32 Å². The fourth-order valence-electron chi connectivity index (χ4n) is 3.18. The van der Waals surface area contributed by atoms with Crippen molar-refractivity contribution in [1.29, 1.82) is 0 Å². The fraction of sp³-hybridized carbons (Fsp3) is 0.500. The molecule has 7 heteroatoms. The van der Waals surface area contributed by atoms with Crippen LogP contribution in [0.4, 0.5) is 0 Å². The van der Waals surface area contributed by atoms with E-state index < -0.39 is 0 Å². The van der Waals surface area contributed by atoms with Gasteiger partial charge in [-0.05, 0) is 30.4 Å². The number of nitrogens with zero attached hydrogens (tertiary/aromatic N) is 2. The Labute approximate surface area is 151 Å². The molecule has 1 aromatic heterocycles.